The average Bonchev–Trinajstić information content (AvgIpc) is 2.28. The summed E-state index contributed by atoms with van der Waals surface area (Å²) in [5, 5.41) is 28.8. The highest BCUT2D eigenvalue weighted by Crippen LogP contribution is 2.34. The average molecular weight is 236 g/mol. The Bertz CT molecular complexity index is 654. The fourth-order valence-corrected chi connectivity index (χ4v) is 1.96. The number of phenolic OH excluding ortho intramolecular Hbond substituents is 2. The van der Waals surface area contributed by atoms with Crippen LogP contribution in [0.25, 0.3) is 10.8 Å². The number of aliphatic hydroxyl groups is 1. The molecule has 90 valence electrons. The highest BCUT2D eigenvalue weighted by Gasteiger charge is 2.17. The third-order valence-electron chi connectivity index (χ3n) is 2.90. The summed E-state index contributed by atoms with van der Waals surface area (Å²) < 4.78 is 4.90. The lowest BCUT2D eigenvalue weighted by Gasteiger charge is -2.10. The van der Waals surface area contributed by atoms with E-state index in [1.54, 1.807) is 13.8 Å². The van der Waals surface area contributed by atoms with E-state index in [9.17, 15) is 15.0 Å². The maximum atomic E-state index is 11.7. The Morgan fingerprint density at radius 2 is 1.76 bits per heavy atom. The minimum atomic E-state index is -0.727. The topological polar surface area (TPSA) is 90.9 Å². The molecule has 0 amide bonds. The lowest BCUT2D eigenvalue weighted by molar-refractivity contribution is 0.239. The summed E-state index contributed by atoms with van der Waals surface area (Å²) in [5.74, 6) is -0.298. The molecule has 1 aromatic heterocycles. The van der Waals surface area contributed by atoms with Crippen LogP contribution < -0.4 is 5.63 Å². The number of phenols is 2. The van der Waals surface area contributed by atoms with E-state index in [0.717, 1.165) is 6.07 Å². The van der Waals surface area contributed by atoms with Crippen LogP contribution in [0.1, 0.15) is 16.9 Å². The Balaban J connectivity index is 3.11. The van der Waals surface area contributed by atoms with Crippen LogP contribution in [0.3, 0.4) is 0 Å². The van der Waals surface area contributed by atoms with Crippen molar-refractivity contribution >= 4 is 10.8 Å². The van der Waals surface area contributed by atoms with E-state index < -0.39 is 12.2 Å². The first kappa shape index (κ1) is 11.5. The first-order valence-corrected chi connectivity index (χ1v) is 5.06. The molecule has 0 atom stereocenters. The van der Waals surface area contributed by atoms with Crippen LogP contribution >= 0.6 is 0 Å². The van der Waals surface area contributed by atoms with Crippen molar-refractivity contribution in [2.45, 2.75) is 20.5 Å². The molecule has 1 aromatic carbocycles. The van der Waals surface area contributed by atoms with Gasteiger partial charge in [-0.3, -0.25) is 0 Å². The Hall–Kier alpha value is -2.01. The number of aryl methyl sites for hydroxylation is 2. The highest BCUT2D eigenvalue weighted by molar-refractivity contribution is 5.94. The van der Waals surface area contributed by atoms with Crippen molar-refractivity contribution < 1.29 is 19.7 Å². The summed E-state index contributed by atoms with van der Waals surface area (Å²) >= 11 is 0. The van der Waals surface area contributed by atoms with Crippen LogP contribution in [0, 0.1) is 13.8 Å². The monoisotopic (exact) mass is 236 g/mol. The molecule has 0 aliphatic rings. The number of aromatic hydroxyl groups is 2. The molecular weight excluding hydrogens is 224 g/mol. The lowest BCUT2D eigenvalue weighted by Crippen LogP contribution is -2.06. The molecule has 0 unspecified atom stereocenters. The van der Waals surface area contributed by atoms with E-state index in [-0.39, 0.29) is 22.6 Å². The SMILES string of the molecule is Cc1c(O)cc(O)c2c(=O)oc(CO)c(C)c12. The van der Waals surface area contributed by atoms with Crippen molar-refractivity contribution in [3.8, 4) is 11.5 Å². The molecule has 5 nitrogen and oxygen atoms in total. The van der Waals surface area contributed by atoms with Gasteiger partial charge in [0.1, 0.15) is 29.3 Å². The zero-order valence-corrected chi connectivity index (χ0v) is 9.44. The second kappa shape index (κ2) is 3.78. The zero-order chi connectivity index (χ0) is 12.7. The van der Waals surface area contributed by atoms with Crippen LogP contribution in [0.5, 0.6) is 11.5 Å². The molecule has 0 radical (unpaired) electrons. The molecule has 3 N–H and O–H groups in total. The molecule has 0 saturated carbocycles. The largest absolute Gasteiger partial charge is 0.508 e. The highest BCUT2D eigenvalue weighted by atomic mass is 16.4. The van der Waals surface area contributed by atoms with Gasteiger partial charge in [0.25, 0.3) is 0 Å². The van der Waals surface area contributed by atoms with Crippen LogP contribution in [-0.2, 0) is 6.61 Å². The molecule has 0 spiro atoms. The predicted molar refractivity (Wildman–Crippen MR) is 61.2 cm³/mol. The quantitative estimate of drug-likeness (QED) is 0.694. The normalized spacial score (nSPS) is 11.0. The summed E-state index contributed by atoms with van der Waals surface area (Å²) in [5.41, 5.74) is 0.277. The van der Waals surface area contributed by atoms with E-state index in [4.69, 9.17) is 9.52 Å². The maximum Gasteiger partial charge on any atom is 0.347 e. The maximum absolute atomic E-state index is 11.7. The molecule has 0 saturated heterocycles. The zero-order valence-electron chi connectivity index (χ0n) is 9.44. The van der Waals surface area contributed by atoms with Gasteiger partial charge in [0.2, 0.25) is 0 Å². The molecule has 2 rings (SSSR count). The second-order valence-corrected chi connectivity index (χ2v) is 3.89. The van der Waals surface area contributed by atoms with Gasteiger partial charge in [-0.1, -0.05) is 0 Å². The van der Waals surface area contributed by atoms with E-state index in [0.29, 0.717) is 16.5 Å². The van der Waals surface area contributed by atoms with Crippen molar-refractivity contribution in [3.05, 3.63) is 33.4 Å². The first-order chi connectivity index (χ1) is 7.97. The van der Waals surface area contributed by atoms with Crippen molar-refractivity contribution in [2.24, 2.45) is 0 Å². The third kappa shape index (κ3) is 1.55. The van der Waals surface area contributed by atoms with Crippen LogP contribution in [0.4, 0.5) is 0 Å². The van der Waals surface area contributed by atoms with Crippen molar-refractivity contribution in [2.75, 3.05) is 0 Å². The van der Waals surface area contributed by atoms with Crippen molar-refractivity contribution in [1.29, 1.82) is 0 Å². The predicted octanol–water partition coefficient (Wildman–Crippen LogP) is 1.31. The number of fused-ring (bicyclic) bond motifs is 1. The van der Waals surface area contributed by atoms with E-state index in [1.165, 1.54) is 0 Å². The fraction of sp³-hybridized carbons (Fsp3) is 0.250. The summed E-state index contributed by atoms with van der Waals surface area (Å²) in [6.45, 7) is 2.88. The van der Waals surface area contributed by atoms with Gasteiger partial charge in [0.15, 0.2) is 0 Å². The minimum absolute atomic E-state index is 0.0231. The number of aliphatic hydroxyl groups excluding tert-OH is 1. The summed E-state index contributed by atoms with van der Waals surface area (Å²) in [4.78, 5) is 11.7. The molecule has 0 fully saturated rings. The van der Waals surface area contributed by atoms with Crippen LogP contribution in [0.15, 0.2) is 15.3 Å². The molecule has 17 heavy (non-hydrogen) atoms. The van der Waals surface area contributed by atoms with Crippen molar-refractivity contribution in [1.82, 2.24) is 0 Å². The van der Waals surface area contributed by atoms with Gasteiger partial charge in [-0.25, -0.2) is 4.79 Å². The van der Waals surface area contributed by atoms with Gasteiger partial charge in [-0.05, 0) is 25.0 Å². The molecule has 0 bridgehead atoms. The van der Waals surface area contributed by atoms with Crippen LogP contribution in [0.2, 0.25) is 0 Å². The Kier molecular flexibility index (Phi) is 2.55. The summed E-state index contributed by atoms with van der Waals surface area (Å²) in [6.07, 6.45) is 0. The first-order valence-electron chi connectivity index (χ1n) is 5.06. The Morgan fingerprint density at radius 1 is 1.12 bits per heavy atom. The molecule has 5 heteroatoms. The molecule has 0 aliphatic carbocycles. The van der Waals surface area contributed by atoms with E-state index in [1.807, 2.05) is 0 Å². The number of hydrogen-bond donors (Lipinski definition) is 3. The fourth-order valence-electron chi connectivity index (χ4n) is 1.96. The van der Waals surface area contributed by atoms with Gasteiger partial charge >= 0.3 is 5.63 Å². The summed E-state index contributed by atoms with van der Waals surface area (Å²) in [7, 11) is 0. The van der Waals surface area contributed by atoms with Crippen LogP contribution in [-0.4, -0.2) is 15.3 Å². The Labute approximate surface area is 96.6 Å². The van der Waals surface area contributed by atoms with E-state index in [2.05, 4.69) is 0 Å². The van der Waals surface area contributed by atoms with Gasteiger partial charge in [-0.2, -0.15) is 0 Å². The van der Waals surface area contributed by atoms with Gasteiger partial charge in [0, 0.05) is 11.5 Å². The smallest absolute Gasteiger partial charge is 0.347 e. The molecule has 1 heterocycles. The van der Waals surface area contributed by atoms with Gasteiger partial charge in [-0.15, -0.1) is 0 Å². The number of hydrogen-bond acceptors (Lipinski definition) is 5. The minimum Gasteiger partial charge on any atom is -0.508 e. The number of rotatable bonds is 1. The third-order valence-corrected chi connectivity index (χ3v) is 2.90. The molecule has 2 aromatic rings. The van der Waals surface area contributed by atoms with Gasteiger partial charge in [0.05, 0.1) is 0 Å². The standard InChI is InChI=1S/C12H12O5/c1-5-7(14)3-8(15)11-10(5)6(2)9(4-13)17-12(11)16/h3,13-15H,4H2,1-2H3. The lowest BCUT2D eigenvalue weighted by atomic mass is 10.0. The second-order valence-electron chi connectivity index (χ2n) is 3.89. The van der Waals surface area contributed by atoms with Crippen molar-refractivity contribution in [3.63, 3.8) is 0 Å². The summed E-state index contributed by atoms with van der Waals surface area (Å²) in [6, 6.07) is 1.10. The molecule has 0 aliphatic heterocycles. The van der Waals surface area contributed by atoms with E-state index >= 15 is 0 Å². The number of benzene rings is 1. The Morgan fingerprint density at radius 3 is 2.35 bits per heavy atom. The van der Waals surface area contributed by atoms with Gasteiger partial charge < -0.3 is 19.7 Å². The molecular formula is C12H12O5.